The number of nitrogens with one attached hydrogen (secondary N) is 1. The molecule has 0 unspecified atom stereocenters. The largest absolute Gasteiger partial charge is 0.312 e. The van der Waals surface area contributed by atoms with E-state index >= 15 is 0 Å². The summed E-state index contributed by atoms with van der Waals surface area (Å²) in [5.74, 6) is 1.71. The Morgan fingerprint density at radius 2 is 1.94 bits per heavy atom. The highest BCUT2D eigenvalue weighted by Gasteiger charge is 2.30. The summed E-state index contributed by atoms with van der Waals surface area (Å²) >= 11 is 0. The van der Waals surface area contributed by atoms with Gasteiger partial charge in [-0.1, -0.05) is 6.42 Å². The molecule has 3 nitrogen and oxygen atoms in total. The second kappa shape index (κ2) is 5.15. The lowest BCUT2D eigenvalue weighted by Gasteiger charge is -2.42. The van der Waals surface area contributed by atoms with Crippen LogP contribution in [0.1, 0.15) is 33.1 Å². The SMILES string of the molecule is CC(C)(CNC1CCC1)N1CCS(=O)CC1. The fourth-order valence-corrected chi connectivity index (χ4v) is 3.41. The molecule has 2 fully saturated rings. The predicted octanol–water partition coefficient (Wildman–Crippen LogP) is 0.971. The van der Waals surface area contributed by atoms with Crippen molar-refractivity contribution in [3.05, 3.63) is 0 Å². The van der Waals surface area contributed by atoms with Gasteiger partial charge in [-0.05, 0) is 26.7 Å². The maximum absolute atomic E-state index is 11.3. The first-order valence-electron chi connectivity index (χ1n) is 6.41. The van der Waals surface area contributed by atoms with Gasteiger partial charge in [0.1, 0.15) is 0 Å². The van der Waals surface area contributed by atoms with E-state index in [1.54, 1.807) is 0 Å². The zero-order valence-corrected chi connectivity index (χ0v) is 11.3. The Kier molecular flexibility index (Phi) is 4.03. The highest BCUT2D eigenvalue weighted by atomic mass is 32.2. The van der Waals surface area contributed by atoms with Gasteiger partial charge in [-0.25, -0.2) is 0 Å². The molecule has 1 aliphatic heterocycles. The lowest BCUT2D eigenvalue weighted by molar-refractivity contribution is 0.122. The van der Waals surface area contributed by atoms with Crippen molar-refractivity contribution < 1.29 is 4.21 Å². The molecule has 16 heavy (non-hydrogen) atoms. The fourth-order valence-electron chi connectivity index (χ4n) is 2.36. The van der Waals surface area contributed by atoms with Gasteiger partial charge in [0.15, 0.2) is 0 Å². The molecular formula is C12H24N2OS. The average Bonchev–Trinajstić information content (AvgIpc) is 2.15. The van der Waals surface area contributed by atoms with Crippen LogP contribution in [0.15, 0.2) is 0 Å². The number of hydrogen-bond donors (Lipinski definition) is 1. The van der Waals surface area contributed by atoms with E-state index in [0.717, 1.165) is 37.2 Å². The summed E-state index contributed by atoms with van der Waals surface area (Å²) in [6, 6.07) is 0.762. The van der Waals surface area contributed by atoms with Crippen LogP contribution in [0.4, 0.5) is 0 Å². The van der Waals surface area contributed by atoms with Gasteiger partial charge in [0.25, 0.3) is 0 Å². The van der Waals surface area contributed by atoms with Crippen LogP contribution in [0, 0.1) is 0 Å². The molecule has 1 aliphatic carbocycles. The average molecular weight is 244 g/mol. The second-order valence-corrected chi connectivity index (χ2v) is 7.35. The summed E-state index contributed by atoms with van der Waals surface area (Å²) in [6.45, 7) is 7.64. The second-order valence-electron chi connectivity index (χ2n) is 5.66. The van der Waals surface area contributed by atoms with Crippen molar-refractivity contribution in [1.82, 2.24) is 10.2 Å². The van der Waals surface area contributed by atoms with E-state index < -0.39 is 10.8 Å². The molecule has 0 atom stereocenters. The third-order valence-electron chi connectivity index (χ3n) is 3.96. The molecule has 1 saturated heterocycles. The quantitative estimate of drug-likeness (QED) is 0.800. The highest BCUT2D eigenvalue weighted by molar-refractivity contribution is 7.85. The van der Waals surface area contributed by atoms with E-state index in [4.69, 9.17) is 0 Å². The molecule has 0 amide bonds. The van der Waals surface area contributed by atoms with E-state index in [9.17, 15) is 4.21 Å². The molecular weight excluding hydrogens is 220 g/mol. The summed E-state index contributed by atoms with van der Waals surface area (Å²) < 4.78 is 11.3. The minimum atomic E-state index is -0.561. The standard InChI is InChI=1S/C12H24N2OS/c1-12(2,10-13-11-4-3-5-11)14-6-8-16(15)9-7-14/h11,13H,3-10H2,1-2H3. The van der Waals surface area contributed by atoms with Crippen LogP contribution < -0.4 is 5.32 Å². The minimum Gasteiger partial charge on any atom is -0.312 e. The van der Waals surface area contributed by atoms with Crippen LogP contribution in [-0.2, 0) is 10.8 Å². The van der Waals surface area contributed by atoms with Gasteiger partial charge in [-0.3, -0.25) is 9.11 Å². The maximum Gasteiger partial charge on any atom is 0.0363 e. The van der Waals surface area contributed by atoms with Crippen LogP contribution >= 0.6 is 0 Å². The molecule has 94 valence electrons. The van der Waals surface area contributed by atoms with E-state index in [2.05, 4.69) is 24.1 Å². The molecule has 1 N–H and O–H groups in total. The minimum absolute atomic E-state index is 0.209. The summed E-state index contributed by atoms with van der Waals surface area (Å²) in [5, 5.41) is 3.65. The molecule has 0 bridgehead atoms. The maximum atomic E-state index is 11.3. The fraction of sp³-hybridized carbons (Fsp3) is 1.00. The predicted molar refractivity (Wildman–Crippen MR) is 69.2 cm³/mol. The Hall–Kier alpha value is 0.0700. The summed E-state index contributed by atoms with van der Waals surface area (Å²) in [7, 11) is -0.561. The Morgan fingerprint density at radius 1 is 1.31 bits per heavy atom. The van der Waals surface area contributed by atoms with E-state index in [1.807, 2.05) is 0 Å². The smallest absolute Gasteiger partial charge is 0.0363 e. The Morgan fingerprint density at radius 3 is 2.44 bits per heavy atom. The van der Waals surface area contributed by atoms with Crippen LogP contribution in [0.5, 0.6) is 0 Å². The van der Waals surface area contributed by atoms with E-state index in [-0.39, 0.29) is 5.54 Å². The Balaban J connectivity index is 1.78. The molecule has 0 aromatic carbocycles. The van der Waals surface area contributed by atoms with E-state index in [1.165, 1.54) is 19.3 Å². The van der Waals surface area contributed by atoms with Gasteiger partial charge in [0.05, 0.1) is 0 Å². The lowest BCUT2D eigenvalue weighted by Crippen LogP contribution is -2.56. The monoisotopic (exact) mass is 244 g/mol. The molecule has 1 saturated carbocycles. The number of rotatable bonds is 4. The summed E-state index contributed by atoms with van der Waals surface area (Å²) in [6.07, 6.45) is 4.08. The molecule has 0 aromatic rings. The summed E-state index contributed by atoms with van der Waals surface area (Å²) in [4.78, 5) is 2.49. The molecule has 2 rings (SSSR count). The molecule has 4 heteroatoms. The molecule has 2 aliphatic rings. The van der Waals surface area contributed by atoms with Crippen LogP contribution in [0.2, 0.25) is 0 Å². The van der Waals surface area contributed by atoms with Crippen molar-refractivity contribution in [3.63, 3.8) is 0 Å². The first-order valence-corrected chi connectivity index (χ1v) is 7.90. The van der Waals surface area contributed by atoms with Gasteiger partial charge in [-0.15, -0.1) is 0 Å². The topological polar surface area (TPSA) is 32.3 Å². The zero-order chi connectivity index (χ0) is 11.6. The molecule has 0 aromatic heterocycles. The molecule has 0 spiro atoms. The number of hydrogen-bond acceptors (Lipinski definition) is 3. The molecule has 1 heterocycles. The molecule has 0 radical (unpaired) electrons. The Bertz CT molecular complexity index is 254. The van der Waals surface area contributed by atoms with Crippen LogP contribution in [0.3, 0.4) is 0 Å². The third-order valence-corrected chi connectivity index (χ3v) is 5.24. The zero-order valence-electron chi connectivity index (χ0n) is 10.5. The van der Waals surface area contributed by atoms with Gasteiger partial charge >= 0.3 is 0 Å². The highest BCUT2D eigenvalue weighted by Crippen LogP contribution is 2.21. The van der Waals surface area contributed by atoms with Crippen molar-refractivity contribution in [2.45, 2.75) is 44.7 Å². The van der Waals surface area contributed by atoms with Crippen LogP contribution in [0.25, 0.3) is 0 Å². The van der Waals surface area contributed by atoms with Crippen molar-refractivity contribution >= 4 is 10.8 Å². The van der Waals surface area contributed by atoms with Crippen molar-refractivity contribution in [1.29, 1.82) is 0 Å². The first kappa shape index (κ1) is 12.5. The Labute approximate surface area is 101 Å². The van der Waals surface area contributed by atoms with Gasteiger partial charge in [0.2, 0.25) is 0 Å². The van der Waals surface area contributed by atoms with Crippen molar-refractivity contribution in [2.24, 2.45) is 0 Å². The van der Waals surface area contributed by atoms with Crippen LogP contribution in [-0.4, -0.2) is 51.8 Å². The van der Waals surface area contributed by atoms with Gasteiger partial charge in [-0.2, -0.15) is 0 Å². The normalized spacial score (nSPS) is 25.6. The van der Waals surface area contributed by atoms with Gasteiger partial charge < -0.3 is 5.32 Å². The first-order chi connectivity index (χ1) is 7.58. The summed E-state index contributed by atoms with van der Waals surface area (Å²) in [5.41, 5.74) is 0.209. The van der Waals surface area contributed by atoms with E-state index in [0.29, 0.717) is 0 Å². The van der Waals surface area contributed by atoms with Crippen molar-refractivity contribution in [2.75, 3.05) is 31.1 Å². The lowest BCUT2D eigenvalue weighted by atomic mass is 9.92. The van der Waals surface area contributed by atoms with Gasteiger partial charge in [0, 0.05) is 53.5 Å². The number of nitrogens with zero attached hydrogens (tertiary/aromatic N) is 1. The van der Waals surface area contributed by atoms with Crippen molar-refractivity contribution in [3.8, 4) is 0 Å². The third kappa shape index (κ3) is 3.05.